The van der Waals surface area contributed by atoms with Crippen molar-refractivity contribution in [2.24, 2.45) is 11.3 Å². The smallest absolute Gasteiger partial charge is 0.317 e. The average Bonchev–Trinajstić information content (AvgIpc) is 3.18. The molecule has 2 atom stereocenters. The maximum Gasteiger partial charge on any atom is 0.317 e. The van der Waals surface area contributed by atoms with Crippen molar-refractivity contribution in [3.8, 4) is 0 Å². The molecule has 8 nitrogen and oxygen atoms in total. The summed E-state index contributed by atoms with van der Waals surface area (Å²) in [5.74, 6) is 1.11. The normalized spacial score (nSPS) is 26.1. The molecular weight excluding hydrogens is 312 g/mol. The van der Waals surface area contributed by atoms with Crippen LogP contribution in [-0.4, -0.2) is 53.8 Å². The highest BCUT2D eigenvalue weighted by Gasteiger charge is 2.54. The minimum Gasteiger partial charge on any atom is -0.469 e. The number of nitrogens with zero attached hydrogens (tertiary/aromatic N) is 3. The molecule has 2 heterocycles. The summed E-state index contributed by atoms with van der Waals surface area (Å²) in [4.78, 5) is 30.6. The zero-order chi connectivity index (χ0) is 17.2. The van der Waals surface area contributed by atoms with Gasteiger partial charge >= 0.3 is 12.0 Å². The second-order valence-corrected chi connectivity index (χ2v) is 6.69. The van der Waals surface area contributed by atoms with Crippen molar-refractivity contribution in [3.05, 3.63) is 11.7 Å². The molecule has 1 N–H and O–H groups in total. The van der Waals surface area contributed by atoms with Crippen molar-refractivity contribution in [2.75, 3.05) is 26.7 Å². The number of aromatic nitrogens is 2. The van der Waals surface area contributed by atoms with Gasteiger partial charge in [-0.15, -0.1) is 0 Å². The van der Waals surface area contributed by atoms with Crippen molar-refractivity contribution >= 4 is 12.0 Å². The molecule has 1 aromatic rings. The molecule has 8 heteroatoms. The van der Waals surface area contributed by atoms with Gasteiger partial charge in [0.25, 0.3) is 0 Å². The van der Waals surface area contributed by atoms with E-state index in [-0.39, 0.29) is 17.9 Å². The molecule has 1 saturated heterocycles. The van der Waals surface area contributed by atoms with E-state index in [4.69, 9.17) is 9.26 Å². The Bertz CT molecular complexity index is 617. The van der Waals surface area contributed by atoms with Gasteiger partial charge in [0.1, 0.15) is 0 Å². The van der Waals surface area contributed by atoms with Gasteiger partial charge in [-0.25, -0.2) is 4.79 Å². The van der Waals surface area contributed by atoms with E-state index < -0.39 is 5.41 Å². The summed E-state index contributed by atoms with van der Waals surface area (Å²) in [7, 11) is 1.43. The van der Waals surface area contributed by atoms with Crippen LogP contribution in [0.3, 0.4) is 0 Å². The zero-order valence-electron chi connectivity index (χ0n) is 14.2. The van der Waals surface area contributed by atoms with Gasteiger partial charge in [-0.3, -0.25) is 4.79 Å². The number of urea groups is 1. The average molecular weight is 336 g/mol. The van der Waals surface area contributed by atoms with E-state index in [9.17, 15) is 9.59 Å². The van der Waals surface area contributed by atoms with Crippen molar-refractivity contribution in [3.63, 3.8) is 0 Å². The Balaban J connectivity index is 1.57. The molecule has 2 fully saturated rings. The molecular formula is C16H24N4O4. The lowest BCUT2D eigenvalue weighted by Crippen LogP contribution is -2.44. The third kappa shape index (κ3) is 3.09. The first-order valence-corrected chi connectivity index (χ1v) is 8.45. The van der Waals surface area contributed by atoms with Crippen LogP contribution < -0.4 is 5.32 Å². The van der Waals surface area contributed by atoms with Crippen LogP contribution >= 0.6 is 0 Å². The number of nitrogens with one attached hydrogen (secondary N) is 1. The first-order valence-electron chi connectivity index (χ1n) is 8.45. The summed E-state index contributed by atoms with van der Waals surface area (Å²) in [6.45, 7) is 3.23. The van der Waals surface area contributed by atoms with Crippen LogP contribution in [0.4, 0.5) is 4.79 Å². The predicted molar refractivity (Wildman–Crippen MR) is 84.1 cm³/mol. The molecule has 24 heavy (non-hydrogen) atoms. The van der Waals surface area contributed by atoms with Crippen LogP contribution in [0.2, 0.25) is 0 Å². The molecule has 0 unspecified atom stereocenters. The van der Waals surface area contributed by atoms with Crippen molar-refractivity contribution < 1.29 is 18.8 Å². The Labute approximate surface area is 140 Å². The quantitative estimate of drug-likeness (QED) is 0.832. The van der Waals surface area contributed by atoms with E-state index in [2.05, 4.69) is 15.5 Å². The van der Waals surface area contributed by atoms with Crippen LogP contribution in [0.25, 0.3) is 0 Å². The standard InChI is InChI=1S/C16H24N4O4/c1-11-18-13(24-19-11)6-8-17-15(22)20-9-12-5-3-4-7-16(12,10-20)14(21)23-2/h12H,3-10H2,1-2H3,(H,17,22)/t12-,16-/m1/s1. The Kier molecular flexibility index (Phi) is 4.73. The van der Waals surface area contributed by atoms with Crippen LogP contribution in [-0.2, 0) is 16.0 Å². The summed E-state index contributed by atoms with van der Waals surface area (Å²) >= 11 is 0. The number of carbonyl (C=O) groups excluding carboxylic acids is 2. The Morgan fingerprint density at radius 2 is 2.29 bits per heavy atom. The third-order valence-corrected chi connectivity index (χ3v) is 5.18. The number of likely N-dealkylation sites (tertiary alicyclic amines) is 1. The number of amides is 2. The van der Waals surface area contributed by atoms with Gasteiger partial charge in [-0.2, -0.15) is 4.98 Å². The monoisotopic (exact) mass is 336 g/mol. The minimum absolute atomic E-state index is 0.149. The van der Waals surface area contributed by atoms with Gasteiger partial charge in [0.2, 0.25) is 5.89 Å². The number of hydrogen-bond acceptors (Lipinski definition) is 6. The summed E-state index contributed by atoms with van der Waals surface area (Å²) in [5, 5.41) is 6.59. The first kappa shape index (κ1) is 16.7. The van der Waals surface area contributed by atoms with Crippen LogP contribution in [0.5, 0.6) is 0 Å². The lowest BCUT2D eigenvalue weighted by molar-refractivity contribution is -0.156. The van der Waals surface area contributed by atoms with E-state index in [1.54, 1.807) is 11.8 Å². The van der Waals surface area contributed by atoms with Gasteiger partial charge in [0.15, 0.2) is 5.82 Å². The summed E-state index contributed by atoms with van der Waals surface area (Å²) in [5.41, 5.74) is -0.520. The summed E-state index contributed by atoms with van der Waals surface area (Å²) in [6.07, 6.45) is 4.38. The maximum absolute atomic E-state index is 12.4. The fourth-order valence-corrected chi connectivity index (χ4v) is 3.98. The number of aryl methyl sites for hydroxylation is 1. The van der Waals surface area contributed by atoms with Crippen molar-refractivity contribution in [1.29, 1.82) is 0 Å². The minimum atomic E-state index is -0.520. The molecule has 1 saturated carbocycles. The molecule has 0 bridgehead atoms. The molecule has 0 aromatic carbocycles. The van der Waals surface area contributed by atoms with Gasteiger partial charge in [0.05, 0.1) is 12.5 Å². The van der Waals surface area contributed by atoms with E-state index >= 15 is 0 Å². The van der Waals surface area contributed by atoms with Crippen LogP contribution in [0.15, 0.2) is 4.52 Å². The highest BCUT2D eigenvalue weighted by atomic mass is 16.5. The van der Waals surface area contributed by atoms with E-state index in [0.29, 0.717) is 37.8 Å². The first-order chi connectivity index (χ1) is 11.5. The lowest BCUT2D eigenvalue weighted by atomic mass is 9.68. The third-order valence-electron chi connectivity index (χ3n) is 5.18. The van der Waals surface area contributed by atoms with Gasteiger partial charge < -0.3 is 19.5 Å². The molecule has 0 radical (unpaired) electrons. The number of rotatable bonds is 4. The molecule has 2 amide bonds. The molecule has 1 aliphatic carbocycles. The van der Waals surface area contributed by atoms with Gasteiger partial charge in [-0.05, 0) is 25.7 Å². The van der Waals surface area contributed by atoms with Crippen molar-refractivity contribution in [2.45, 2.75) is 39.0 Å². The lowest BCUT2D eigenvalue weighted by Gasteiger charge is -2.35. The van der Waals surface area contributed by atoms with Gasteiger partial charge in [0, 0.05) is 26.1 Å². The highest BCUT2D eigenvalue weighted by Crippen LogP contribution is 2.47. The Hall–Kier alpha value is -2.12. The fraction of sp³-hybridized carbons (Fsp3) is 0.750. The Morgan fingerprint density at radius 3 is 3.00 bits per heavy atom. The number of fused-ring (bicyclic) bond motifs is 1. The number of hydrogen-bond donors (Lipinski definition) is 1. The molecule has 3 rings (SSSR count). The molecule has 1 aliphatic heterocycles. The van der Waals surface area contributed by atoms with Crippen LogP contribution in [0, 0.1) is 18.3 Å². The second-order valence-electron chi connectivity index (χ2n) is 6.69. The maximum atomic E-state index is 12.4. The van der Waals surface area contributed by atoms with E-state index in [1.807, 2.05) is 0 Å². The fourth-order valence-electron chi connectivity index (χ4n) is 3.98. The topological polar surface area (TPSA) is 97.6 Å². The molecule has 2 aliphatic rings. The zero-order valence-corrected chi connectivity index (χ0v) is 14.2. The Morgan fingerprint density at radius 1 is 1.46 bits per heavy atom. The van der Waals surface area contributed by atoms with Crippen molar-refractivity contribution in [1.82, 2.24) is 20.4 Å². The SMILES string of the molecule is COC(=O)[C@@]12CCCC[C@@H]1CN(C(=O)NCCc1nc(C)no1)C2. The number of methoxy groups -OCH3 is 1. The largest absolute Gasteiger partial charge is 0.469 e. The highest BCUT2D eigenvalue weighted by molar-refractivity contribution is 5.81. The predicted octanol–water partition coefficient (Wildman–Crippen LogP) is 1.30. The number of carbonyl (C=O) groups is 2. The second kappa shape index (κ2) is 6.78. The molecule has 1 aromatic heterocycles. The number of ether oxygens (including phenoxy) is 1. The number of esters is 1. The van der Waals surface area contributed by atoms with E-state index in [0.717, 1.165) is 25.7 Å². The summed E-state index contributed by atoms with van der Waals surface area (Å²) < 4.78 is 10.1. The summed E-state index contributed by atoms with van der Waals surface area (Å²) in [6, 6.07) is -0.149. The molecule has 0 spiro atoms. The molecule has 132 valence electrons. The van der Waals surface area contributed by atoms with Gasteiger partial charge in [-0.1, -0.05) is 18.0 Å². The van der Waals surface area contributed by atoms with E-state index in [1.165, 1.54) is 7.11 Å². The van der Waals surface area contributed by atoms with Crippen LogP contribution in [0.1, 0.15) is 37.4 Å².